The first-order valence-corrected chi connectivity index (χ1v) is 9.16. The van der Waals surface area contributed by atoms with E-state index in [4.69, 9.17) is 4.74 Å². The minimum Gasteiger partial charge on any atom is -0.494 e. The van der Waals surface area contributed by atoms with Crippen molar-refractivity contribution in [1.29, 1.82) is 0 Å². The topological polar surface area (TPSA) is 99.3 Å². The van der Waals surface area contributed by atoms with Crippen LogP contribution in [-0.2, 0) is 17.8 Å². The molecule has 0 fully saturated rings. The number of ether oxygens (including phenoxy) is 1. The van der Waals surface area contributed by atoms with E-state index < -0.39 is 4.92 Å². The van der Waals surface area contributed by atoms with Crippen LogP contribution in [0.1, 0.15) is 37.6 Å². The van der Waals surface area contributed by atoms with Crippen molar-refractivity contribution in [2.45, 2.75) is 46.1 Å². The molecule has 1 amide bonds. The van der Waals surface area contributed by atoms with Crippen molar-refractivity contribution in [3.8, 4) is 5.75 Å². The van der Waals surface area contributed by atoms with Gasteiger partial charge in [-0.2, -0.15) is 0 Å². The van der Waals surface area contributed by atoms with Crippen molar-refractivity contribution in [3.05, 3.63) is 52.0 Å². The maximum Gasteiger partial charge on any atom is 0.381 e. The van der Waals surface area contributed by atoms with Crippen molar-refractivity contribution in [2.24, 2.45) is 0 Å². The summed E-state index contributed by atoms with van der Waals surface area (Å²) >= 11 is 0. The second-order valence-corrected chi connectivity index (χ2v) is 6.29. The molecule has 0 aliphatic heterocycles. The number of nitrogens with zero attached hydrogens (tertiary/aromatic N) is 3. The lowest BCUT2D eigenvalue weighted by atomic mass is 10.1. The molecular formula is C19H26N4O4. The van der Waals surface area contributed by atoms with Crippen molar-refractivity contribution < 1.29 is 14.5 Å². The minimum atomic E-state index is -0.538. The van der Waals surface area contributed by atoms with Gasteiger partial charge in [0.25, 0.3) is 0 Å². The molecule has 27 heavy (non-hydrogen) atoms. The Kier molecular flexibility index (Phi) is 7.79. The third-order valence-corrected chi connectivity index (χ3v) is 4.16. The summed E-state index contributed by atoms with van der Waals surface area (Å²) in [6, 6.07) is 7.89. The Morgan fingerprint density at radius 2 is 2.07 bits per heavy atom. The molecule has 8 heteroatoms. The van der Waals surface area contributed by atoms with E-state index in [9.17, 15) is 14.9 Å². The molecule has 0 radical (unpaired) electrons. The number of amides is 1. The van der Waals surface area contributed by atoms with Crippen LogP contribution in [0, 0.1) is 17.0 Å². The number of hydrogen-bond donors (Lipinski definition) is 1. The van der Waals surface area contributed by atoms with Gasteiger partial charge in [-0.3, -0.25) is 4.79 Å². The van der Waals surface area contributed by atoms with Gasteiger partial charge in [0.15, 0.2) is 0 Å². The summed E-state index contributed by atoms with van der Waals surface area (Å²) in [7, 11) is 0. The van der Waals surface area contributed by atoms with Crippen LogP contribution < -0.4 is 10.1 Å². The number of aromatic nitrogens is 2. The lowest BCUT2D eigenvalue weighted by molar-refractivity contribution is -0.389. The van der Waals surface area contributed by atoms with Gasteiger partial charge in [-0.25, -0.2) is 0 Å². The molecule has 1 N–H and O–H groups in total. The van der Waals surface area contributed by atoms with E-state index in [0.717, 1.165) is 37.2 Å². The highest BCUT2D eigenvalue weighted by atomic mass is 16.6. The molecule has 2 aromatic rings. The SMILES string of the molecule is CCCCOc1ccc(CCNC(=O)CCn2cc([N+](=O)[O-])nc2C)cc1. The van der Waals surface area contributed by atoms with Crippen molar-refractivity contribution >= 4 is 11.7 Å². The van der Waals surface area contributed by atoms with Crippen LogP contribution in [0.4, 0.5) is 5.82 Å². The van der Waals surface area contributed by atoms with Gasteiger partial charge >= 0.3 is 5.82 Å². The van der Waals surface area contributed by atoms with Crippen LogP contribution >= 0.6 is 0 Å². The third kappa shape index (κ3) is 6.73. The highest BCUT2D eigenvalue weighted by Gasteiger charge is 2.15. The smallest absolute Gasteiger partial charge is 0.381 e. The molecule has 0 aliphatic rings. The molecule has 0 bridgehead atoms. The van der Waals surface area contributed by atoms with Crippen LogP contribution in [0.3, 0.4) is 0 Å². The summed E-state index contributed by atoms with van der Waals surface area (Å²) in [6.45, 7) is 5.44. The summed E-state index contributed by atoms with van der Waals surface area (Å²) in [5, 5.41) is 13.6. The van der Waals surface area contributed by atoms with Crippen molar-refractivity contribution in [1.82, 2.24) is 14.9 Å². The molecule has 0 atom stereocenters. The zero-order valence-corrected chi connectivity index (χ0v) is 15.8. The summed E-state index contributed by atoms with van der Waals surface area (Å²) in [5.41, 5.74) is 1.12. The third-order valence-electron chi connectivity index (χ3n) is 4.16. The Balaban J connectivity index is 1.69. The number of hydrogen-bond acceptors (Lipinski definition) is 5. The molecule has 146 valence electrons. The van der Waals surface area contributed by atoms with E-state index in [1.165, 1.54) is 6.20 Å². The van der Waals surface area contributed by atoms with Crippen LogP contribution in [0.15, 0.2) is 30.5 Å². The zero-order chi connectivity index (χ0) is 19.6. The average molecular weight is 374 g/mol. The van der Waals surface area contributed by atoms with Crippen LogP contribution in [-0.4, -0.2) is 33.5 Å². The van der Waals surface area contributed by atoms with Gasteiger partial charge in [0.2, 0.25) is 11.7 Å². The fraction of sp³-hybridized carbons (Fsp3) is 0.474. The van der Waals surface area contributed by atoms with Gasteiger partial charge in [0.05, 0.1) is 6.61 Å². The predicted octanol–water partition coefficient (Wildman–Crippen LogP) is 3.03. The zero-order valence-electron chi connectivity index (χ0n) is 15.8. The Labute approximate surface area is 158 Å². The van der Waals surface area contributed by atoms with Gasteiger partial charge in [-0.05, 0) is 40.4 Å². The van der Waals surface area contributed by atoms with Gasteiger partial charge in [0, 0.05) is 26.4 Å². The summed E-state index contributed by atoms with van der Waals surface area (Å²) in [5.74, 6) is 1.09. The fourth-order valence-corrected chi connectivity index (χ4v) is 2.55. The van der Waals surface area contributed by atoms with E-state index in [-0.39, 0.29) is 18.1 Å². The molecule has 0 saturated heterocycles. The molecule has 8 nitrogen and oxygen atoms in total. The molecule has 2 rings (SSSR count). The highest BCUT2D eigenvalue weighted by molar-refractivity contribution is 5.75. The molecule has 0 saturated carbocycles. The summed E-state index contributed by atoms with van der Waals surface area (Å²) in [4.78, 5) is 26.0. The lowest BCUT2D eigenvalue weighted by Gasteiger charge is -2.08. The Bertz CT molecular complexity index is 756. The second kappa shape index (κ2) is 10.3. The Hall–Kier alpha value is -2.90. The summed E-state index contributed by atoms with van der Waals surface area (Å²) < 4.78 is 7.24. The normalized spacial score (nSPS) is 10.6. The number of nitro groups is 1. The maximum absolute atomic E-state index is 12.0. The van der Waals surface area contributed by atoms with Crippen LogP contribution in [0.5, 0.6) is 5.75 Å². The minimum absolute atomic E-state index is 0.0923. The van der Waals surface area contributed by atoms with E-state index in [1.807, 2.05) is 24.3 Å². The first kappa shape index (κ1) is 20.4. The average Bonchev–Trinajstić information content (AvgIpc) is 3.03. The summed E-state index contributed by atoms with van der Waals surface area (Å²) in [6.07, 6.45) is 4.48. The van der Waals surface area contributed by atoms with E-state index in [0.29, 0.717) is 18.9 Å². The van der Waals surface area contributed by atoms with Gasteiger partial charge in [-0.1, -0.05) is 25.5 Å². The number of imidazole rings is 1. The van der Waals surface area contributed by atoms with Gasteiger partial charge in [-0.15, -0.1) is 0 Å². The van der Waals surface area contributed by atoms with Gasteiger partial charge in [0.1, 0.15) is 11.9 Å². The Morgan fingerprint density at radius 3 is 2.70 bits per heavy atom. The number of rotatable bonds is 11. The number of nitrogens with one attached hydrogen (secondary N) is 1. The van der Waals surface area contributed by atoms with E-state index >= 15 is 0 Å². The maximum atomic E-state index is 12.0. The largest absolute Gasteiger partial charge is 0.494 e. The number of aryl methyl sites for hydroxylation is 2. The van der Waals surface area contributed by atoms with Crippen molar-refractivity contribution in [3.63, 3.8) is 0 Å². The molecule has 1 aromatic heterocycles. The predicted molar refractivity (Wildman–Crippen MR) is 102 cm³/mol. The lowest BCUT2D eigenvalue weighted by Crippen LogP contribution is -2.26. The Morgan fingerprint density at radius 1 is 1.33 bits per heavy atom. The number of benzene rings is 1. The van der Waals surface area contributed by atoms with E-state index in [2.05, 4.69) is 17.2 Å². The van der Waals surface area contributed by atoms with Gasteiger partial charge < -0.3 is 24.7 Å². The number of carbonyl (C=O) groups excluding carboxylic acids is 1. The monoisotopic (exact) mass is 374 g/mol. The second-order valence-electron chi connectivity index (χ2n) is 6.29. The van der Waals surface area contributed by atoms with E-state index in [1.54, 1.807) is 11.5 Å². The molecule has 0 aliphatic carbocycles. The molecule has 1 heterocycles. The van der Waals surface area contributed by atoms with Crippen molar-refractivity contribution in [2.75, 3.05) is 13.2 Å². The van der Waals surface area contributed by atoms with Crippen LogP contribution in [0.25, 0.3) is 0 Å². The van der Waals surface area contributed by atoms with Crippen LogP contribution in [0.2, 0.25) is 0 Å². The number of carbonyl (C=O) groups is 1. The first-order chi connectivity index (χ1) is 13.0. The quantitative estimate of drug-likeness (QED) is 0.370. The highest BCUT2D eigenvalue weighted by Crippen LogP contribution is 2.13. The first-order valence-electron chi connectivity index (χ1n) is 9.16. The molecule has 0 unspecified atom stereocenters. The molecule has 1 aromatic carbocycles. The number of unbranched alkanes of at least 4 members (excludes halogenated alkanes) is 1. The molecule has 0 spiro atoms. The molecular weight excluding hydrogens is 348 g/mol. The standard InChI is InChI=1S/C19H26N4O4/c1-3-4-13-27-17-7-5-16(6-8-17)9-11-20-19(24)10-12-22-14-18(23(25)26)21-15(22)2/h5-8,14H,3-4,9-13H2,1-2H3,(H,20,24). The fourth-order valence-electron chi connectivity index (χ4n) is 2.55.